The summed E-state index contributed by atoms with van der Waals surface area (Å²) in [4.78, 5) is 12.1. The number of aliphatic hydroxyl groups is 1. The van der Waals surface area contributed by atoms with Gasteiger partial charge in [0.2, 0.25) is 5.91 Å². The molecule has 118 valence electrons. The lowest BCUT2D eigenvalue weighted by molar-refractivity contribution is -0.125. The number of carbonyl (C=O) groups excluding carboxylic acids is 1. The van der Waals surface area contributed by atoms with E-state index < -0.39 is 11.5 Å². The first-order valence-corrected chi connectivity index (χ1v) is 7.17. The van der Waals surface area contributed by atoms with E-state index >= 15 is 0 Å². The minimum Gasteiger partial charge on any atom is -0.466 e. The van der Waals surface area contributed by atoms with Crippen LogP contribution < -0.4 is 5.32 Å². The van der Waals surface area contributed by atoms with Crippen molar-refractivity contribution in [2.24, 2.45) is 5.92 Å². The van der Waals surface area contributed by atoms with Gasteiger partial charge in [-0.1, -0.05) is 25.1 Å². The Morgan fingerprint density at radius 3 is 2.73 bits per heavy atom. The third-order valence-corrected chi connectivity index (χ3v) is 3.59. The van der Waals surface area contributed by atoms with Crippen molar-refractivity contribution in [3.05, 3.63) is 59.8 Å². The molecule has 1 aromatic heterocycles. The van der Waals surface area contributed by atoms with E-state index in [0.29, 0.717) is 17.7 Å². The molecule has 2 rings (SSSR count). The van der Waals surface area contributed by atoms with Crippen LogP contribution in [-0.2, 0) is 16.8 Å². The fraction of sp³-hybridized carbons (Fsp3) is 0.353. The highest BCUT2D eigenvalue weighted by atomic mass is 19.1. The van der Waals surface area contributed by atoms with E-state index in [0.717, 1.165) is 0 Å². The Kier molecular flexibility index (Phi) is 4.98. The molecule has 0 fully saturated rings. The Morgan fingerprint density at radius 2 is 2.09 bits per heavy atom. The lowest BCUT2D eigenvalue weighted by Crippen LogP contribution is -2.40. The zero-order valence-electron chi connectivity index (χ0n) is 12.7. The molecule has 0 aliphatic heterocycles. The van der Waals surface area contributed by atoms with E-state index in [1.165, 1.54) is 12.3 Å². The van der Waals surface area contributed by atoms with Gasteiger partial charge in [0.25, 0.3) is 0 Å². The third kappa shape index (κ3) is 3.95. The molecular weight excluding hydrogens is 285 g/mol. The molecule has 0 bridgehead atoms. The van der Waals surface area contributed by atoms with Crippen molar-refractivity contribution in [3.8, 4) is 0 Å². The maximum absolute atomic E-state index is 13.6. The van der Waals surface area contributed by atoms with E-state index in [-0.39, 0.29) is 18.3 Å². The second-order valence-corrected chi connectivity index (χ2v) is 5.67. The van der Waals surface area contributed by atoms with Crippen LogP contribution in [0.15, 0.2) is 47.1 Å². The summed E-state index contributed by atoms with van der Waals surface area (Å²) in [6.07, 6.45) is 1.77. The summed E-state index contributed by atoms with van der Waals surface area (Å²) >= 11 is 0. The molecule has 2 unspecified atom stereocenters. The first-order valence-electron chi connectivity index (χ1n) is 7.17. The first kappa shape index (κ1) is 16.2. The summed E-state index contributed by atoms with van der Waals surface area (Å²) in [6.45, 7) is 3.32. The van der Waals surface area contributed by atoms with Gasteiger partial charge in [-0.15, -0.1) is 0 Å². The number of nitrogens with one attached hydrogen (secondary N) is 1. The molecule has 0 aliphatic carbocycles. The van der Waals surface area contributed by atoms with Gasteiger partial charge in [-0.25, -0.2) is 4.39 Å². The zero-order chi connectivity index (χ0) is 16.2. The van der Waals surface area contributed by atoms with Gasteiger partial charge in [0, 0.05) is 5.92 Å². The van der Waals surface area contributed by atoms with Gasteiger partial charge in [0.1, 0.15) is 17.2 Å². The first-order chi connectivity index (χ1) is 10.4. The number of hydrogen-bond acceptors (Lipinski definition) is 3. The van der Waals surface area contributed by atoms with Crippen molar-refractivity contribution >= 4 is 5.91 Å². The molecule has 0 spiro atoms. The van der Waals surface area contributed by atoms with E-state index in [1.807, 2.05) is 0 Å². The lowest BCUT2D eigenvalue weighted by atomic mass is 9.99. The summed E-state index contributed by atoms with van der Waals surface area (Å²) in [5.41, 5.74) is -0.778. The highest BCUT2D eigenvalue weighted by Gasteiger charge is 2.27. The Balaban J connectivity index is 1.91. The van der Waals surface area contributed by atoms with Gasteiger partial charge in [0.05, 0.1) is 12.8 Å². The number of amides is 1. The molecule has 4 nitrogen and oxygen atoms in total. The summed E-state index contributed by atoms with van der Waals surface area (Å²) in [7, 11) is 0. The molecule has 2 atom stereocenters. The quantitative estimate of drug-likeness (QED) is 0.862. The van der Waals surface area contributed by atoms with Gasteiger partial charge >= 0.3 is 0 Å². The fourth-order valence-corrected chi connectivity index (χ4v) is 2.19. The number of carbonyl (C=O) groups is 1. The summed E-state index contributed by atoms with van der Waals surface area (Å²) < 4.78 is 18.7. The zero-order valence-corrected chi connectivity index (χ0v) is 12.7. The van der Waals surface area contributed by atoms with Crippen molar-refractivity contribution in [2.45, 2.75) is 25.9 Å². The number of benzene rings is 1. The molecule has 5 heteroatoms. The van der Waals surface area contributed by atoms with Crippen LogP contribution in [0.1, 0.15) is 25.2 Å². The molecule has 0 saturated carbocycles. The molecular formula is C17H20FNO3. The summed E-state index contributed by atoms with van der Waals surface area (Å²) in [5, 5.41) is 13.0. The predicted molar refractivity (Wildman–Crippen MR) is 80.6 cm³/mol. The normalized spacial score (nSPS) is 15.1. The standard InChI is InChI=1S/C17H20FNO3/c1-12(10-13-6-3-4-7-14(13)18)16(20)19-11-17(2,21)15-8-5-9-22-15/h3-9,12,21H,10-11H2,1-2H3,(H,19,20). The van der Waals surface area contributed by atoms with Gasteiger partial charge < -0.3 is 14.8 Å². The maximum Gasteiger partial charge on any atom is 0.223 e. The van der Waals surface area contributed by atoms with Gasteiger partial charge in [0.15, 0.2) is 0 Å². The highest BCUT2D eigenvalue weighted by molar-refractivity contribution is 5.78. The smallest absolute Gasteiger partial charge is 0.223 e. The second-order valence-electron chi connectivity index (χ2n) is 5.67. The summed E-state index contributed by atoms with van der Waals surface area (Å²) in [5.74, 6) is -0.571. The Bertz CT molecular complexity index is 623. The van der Waals surface area contributed by atoms with Crippen LogP contribution in [0, 0.1) is 11.7 Å². The van der Waals surface area contributed by atoms with Crippen LogP contribution in [0.4, 0.5) is 4.39 Å². The molecule has 22 heavy (non-hydrogen) atoms. The Hall–Kier alpha value is -2.14. The van der Waals surface area contributed by atoms with E-state index in [4.69, 9.17) is 4.42 Å². The van der Waals surface area contributed by atoms with Crippen LogP contribution in [0.25, 0.3) is 0 Å². The van der Waals surface area contributed by atoms with E-state index in [9.17, 15) is 14.3 Å². The van der Waals surface area contributed by atoms with Gasteiger partial charge in [-0.05, 0) is 37.1 Å². The second kappa shape index (κ2) is 6.75. The number of hydrogen-bond donors (Lipinski definition) is 2. The van der Waals surface area contributed by atoms with Crippen LogP contribution in [-0.4, -0.2) is 17.6 Å². The van der Waals surface area contributed by atoms with Gasteiger partial charge in [-0.3, -0.25) is 4.79 Å². The average molecular weight is 305 g/mol. The van der Waals surface area contributed by atoms with Gasteiger partial charge in [-0.2, -0.15) is 0 Å². The van der Waals surface area contributed by atoms with E-state index in [2.05, 4.69) is 5.32 Å². The summed E-state index contributed by atoms with van der Waals surface area (Å²) in [6, 6.07) is 9.72. The Morgan fingerprint density at radius 1 is 1.36 bits per heavy atom. The fourth-order valence-electron chi connectivity index (χ4n) is 2.19. The lowest BCUT2D eigenvalue weighted by Gasteiger charge is -2.22. The molecule has 1 aromatic carbocycles. The molecule has 2 N–H and O–H groups in total. The number of furan rings is 1. The van der Waals surface area contributed by atoms with Crippen molar-refractivity contribution in [1.29, 1.82) is 0 Å². The Labute approximate surface area is 129 Å². The van der Waals surface area contributed by atoms with Crippen LogP contribution in [0.2, 0.25) is 0 Å². The molecule has 2 aromatic rings. The number of rotatable bonds is 6. The molecule has 0 aliphatic rings. The highest BCUT2D eigenvalue weighted by Crippen LogP contribution is 2.20. The predicted octanol–water partition coefficient (Wildman–Crippen LogP) is 2.62. The van der Waals surface area contributed by atoms with Crippen molar-refractivity contribution in [2.75, 3.05) is 6.54 Å². The van der Waals surface area contributed by atoms with Crippen LogP contribution in [0.3, 0.4) is 0 Å². The largest absolute Gasteiger partial charge is 0.466 e. The van der Waals surface area contributed by atoms with Crippen LogP contribution >= 0.6 is 0 Å². The minimum absolute atomic E-state index is 0.0287. The third-order valence-electron chi connectivity index (χ3n) is 3.59. The van der Waals surface area contributed by atoms with E-state index in [1.54, 1.807) is 44.2 Å². The SMILES string of the molecule is CC(Cc1ccccc1F)C(=O)NCC(C)(O)c1ccco1. The molecule has 0 saturated heterocycles. The maximum atomic E-state index is 13.6. The number of halogens is 1. The monoisotopic (exact) mass is 305 g/mol. The van der Waals surface area contributed by atoms with Crippen molar-refractivity contribution in [1.82, 2.24) is 5.32 Å². The average Bonchev–Trinajstić information content (AvgIpc) is 3.02. The molecule has 1 amide bonds. The molecule has 0 radical (unpaired) electrons. The molecule has 1 heterocycles. The van der Waals surface area contributed by atoms with Crippen molar-refractivity contribution in [3.63, 3.8) is 0 Å². The minimum atomic E-state index is -1.28. The topological polar surface area (TPSA) is 62.5 Å². The van der Waals surface area contributed by atoms with Crippen molar-refractivity contribution < 1.29 is 18.7 Å². The van der Waals surface area contributed by atoms with Crippen LogP contribution in [0.5, 0.6) is 0 Å².